The Hall–Kier alpha value is -1.55. The maximum Gasteiger partial charge on any atom is 0.250 e. The van der Waals surface area contributed by atoms with Gasteiger partial charge in [-0.2, -0.15) is 0 Å². The number of aromatic nitrogens is 1. The lowest BCUT2D eigenvalue weighted by molar-refractivity contribution is 0.0999. The molecule has 1 aliphatic carbocycles. The van der Waals surface area contributed by atoms with E-state index in [0.29, 0.717) is 11.6 Å². The molecule has 0 atom stereocenters. The third-order valence-electron chi connectivity index (χ3n) is 3.97. The van der Waals surface area contributed by atoms with E-state index in [1.165, 1.54) is 12.8 Å². The molecular formula is C16H17BrN2O. The van der Waals surface area contributed by atoms with Crippen LogP contribution in [0.2, 0.25) is 0 Å². The molecule has 1 aromatic carbocycles. The highest BCUT2D eigenvalue weighted by Crippen LogP contribution is 2.43. The average molecular weight is 333 g/mol. The molecule has 0 bridgehead atoms. The van der Waals surface area contributed by atoms with E-state index in [-0.39, 0.29) is 5.91 Å². The highest BCUT2D eigenvalue weighted by Gasteiger charge is 2.31. The van der Waals surface area contributed by atoms with Gasteiger partial charge in [-0.25, -0.2) is 0 Å². The molecule has 3 rings (SSSR count). The highest BCUT2D eigenvalue weighted by molar-refractivity contribution is 9.10. The molecule has 0 aliphatic heterocycles. The minimum atomic E-state index is -0.335. The first kappa shape index (κ1) is 13.4. The Balaban J connectivity index is 2.25. The molecule has 1 amide bonds. The molecule has 3 nitrogen and oxygen atoms in total. The quantitative estimate of drug-likeness (QED) is 0.908. The number of carbonyl (C=O) groups excluding carboxylic acids is 1. The molecule has 1 aliphatic rings. The molecule has 2 N–H and O–H groups in total. The normalized spacial score (nSPS) is 14.6. The van der Waals surface area contributed by atoms with E-state index in [9.17, 15) is 4.79 Å². The molecule has 104 valence electrons. The van der Waals surface area contributed by atoms with Crippen LogP contribution < -0.4 is 5.73 Å². The fourth-order valence-corrected chi connectivity index (χ4v) is 3.24. The lowest BCUT2D eigenvalue weighted by atomic mass is 10.1. The minimum Gasteiger partial charge on any atom is -0.366 e. The van der Waals surface area contributed by atoms with Gasteiger partial charge in [0.1, 0.15) is 0 Å². The van der Waals surface area contributed by atoms with Crippen LogP contribution in [0.25, 0.3) is 11.3 Å². The van der Waals surface area contributed by atoms with Gasteiger partial charge in [0.25, 0.3) is 5.91 Å². The summed E-state index contributed by atoms with van der Waals surface area (Å²) in [5.41, 5.74) is 10.5. The zero-order valence-electron chi connectivity index (χ0n) is 11.6. The number of benzene rings is 1. The van der Waals surface area contributed by atoms with Crippen molar-refractivity contribution in [3.8, 4) is 11.3 Å². The lowest BCUT2D eigenvalue weighted by Crippen LogP contribution is -2.13. The number of amides is 1. The first-order valence-electron chi connectivity index (χ1n) is 6.78. The Kier molecular flexibility index (Phi) is 3.21. The van der Waals surface area contributed by atoms with E-state index in [2.05, 4.69) is 32.6 Å². The van der Waals surface area contributed by atoms with E-state index < -0.39 is 0 Å². The molecule has 0 unspecified atom stereocenters. The van der Waals surface area contributed by atoms with Crippen LogP contribution in [0.5, 0.6) is 0 Å². The Bertz CT molecular complexity index is 681. The van der Waals surface area contributed by atoms with E-state index in [1.807, 2.05) is 26.0 Å². The van der Waals surface area contributed by atoms with Crippen molar-refractivity contribution in [2.75, 3.05) is 0 Å². The molecule has 1 fully saturated rings. The van der Waals surface area contributed by atoms with Gasteiger partial charge in [-0.1, -0.05) is 28.1 Å². The third kappa shape index (κ3) is 2.08. The molecule has 1 saturated carbocycles. The Morgan fingerprint density at radius 2 is 1.85 bits per heavy atom. The Morgan fingerprint density at radius 3 is 2.35 bits per heavy atom. The second-order valence-electron chi connectivity index (χ2n) is 5.41. The van der Waals surface area contributed by atoms with Crippen LogP contribution in [0.3, 0.4) is 0 Å². The monoisotopic (exact) mass is 332 g/mol. The largest absolute Gasteiger partial charge is 0.366 e. The van der Waals surface area contributed by atoms with Crippen LogP contribution in [0.15, 0.2) is 28.7 Å². The Labute approximate surface area is 126 Å². The summed E-state index contributed by atoms with van der Waals surface area (Å²) in [5, 5.41) is 0. The molecule has 0 saturated heterocycles. The van der Waals surface area contributed by atoms with E-state index in [4.69, 9.17) is 5.73 Å². The van der Waals surface area contributed by atoms with Gasteiger partial charge in [-0.3, -0.25) is 4.79 Å². The summed E-state index contributed by atoms with van der Waals surface area (Å²) in [7, 11) is 0. The van der Waals surface area contributed by atoms with Crippen molar-refractivity contribution in [1.29, 1.82) is 0 Å². The molecule has 1 aromatic heterocycles. The fraction of sp³-hybridized carbons (Fsp3) is 0.312. The van der Waals surface area contributed by atoms with Gasteiger partial charge in [-0.05, 0) is 49.9 Å². The van der Waals surface area contributed by atoms with E-state index in [0.717, 1.165) is 27.0 Å². The summed E-state index contributed by atoms with van der Waals surface area (Å²) in [4.78, 5) is 11.7. The zero-order valence-corrected chi connectivity index (χ0v) is 13.2. The molecule has 20 heavy (non-hydrogen) atoms. The Morgan fingerprint density at radius 1 is 1.25 bits per heavy atom. The van der Waals surface area contributed by atoms with Crippen LogP contribution in [0.4, 0.5) is 0 Å². The number of rotatable bonds is 3. The van der Waals surface area contributed by atoms with E-state index >= 15 is 0 Å². The van der Waals surface area contributed by atoms with Crippen molar-refractivity contribution >= 4 is 21.8 Å². The van der Waals surface area contributed by atoms with Gasteiger partial charge in [0.15, 0.2) is 0 Å². The number of hydrogen-bond acceptors (Lipinski definition) is 1. The minimum absolute atomic E-state index is 0.335. The van der Waals surface area contributed by atoms with E-state index in [1.54, 1.807) is 0 Å². The first-order chi connectivity index (χ1) is 9.50. The van der Waals surface area contributed by atoms with Crippen LogP contribution in [-0.4, -0.2) is 10.5 Å². The van der Waals surface area contributed by atoms with Crippen LogP contribution >= 0.6 is 15.9 Å². The topological polar surface area (TPSA) is 48.0 Å². The van der Waals surface area contributed by atoms with Crippen molar-refractivity contribution < 1.29 is 4.79 Å². The summed E-state index contributed by atoms with van der Waals surface area (Å²) < 4.78 is 3.34. The van der Waals surface area contributed by atoms with Gasteiger partial charge >= 0.3 is 0 Å². The molecular weight excluding hydrogens is 316 g/mol. The molecule has 0 spiro atoms. The fourth-order valence-electron chi connectivity index (χ4n) is 2.97. The van der Waals surface area contributed by atoms with Gasteiger partial charge in [-0.15, -0.1) is 0 Å². The predicted molar refractivity (Wildman–Crippen MR) is 83.8 cm³/mol. The van der Waals surface area contributed by atoms with Crippen LogP contribution in [0, 0.1) is 13.8 Å². The highest BCUT2D eigenvalue weighted by atomic mass is 79.9. The third-order valence-corrected chi connectivity index (χ3v) is 4.50. The molecule has 0 radical (unpaired) electrons. The van der Waals surface area contributed by atoms with Crippen molar-refractivity contribution in [3.63, 3.8) is 0 Å². The standard InChI is InChI=1S/C16H17BrN2O/c1-9-14(16(18)20)10(2)19(13-7-8-13)15(9)11-3-5-12(17)6-4-11/h3-6,13H,7-8H2,1-2H3,(H2,18,20). The van der Waals surface area contributed by atoms with Gasteiger partial charge in [0.2, 0.25) is 0 Å². The molecule has 1 heterocycles. The lowest BCUT2D eigenvalue weighted by Gasteiger charge is -2.11. The number of nitrogens with zero attached hydrogens (tertiary/aromatic N) is 1. The average Bonchev–Trinajstić information content (AvgIpc) is 3.17. The molecule has 2 aromatic rings. The summed E-state index contributed by atoms with van der Waals surface area (Å²) in [6.07, 6.45) is 2.35. The summed E-state index contributed by atoms with van der Waals surface area (Å²) in [6, 6.07) is 8.72. The summed E-state index contributed by atoms with van der Waals surface area (Å²) >= 11 is 3.46. The van der Waals surface area contributed by atoms with Crippen LogP contribution in [0.1, 0.15) is 40.5 Å². The predicted octanol–water partition coefficient (Wildman–Crippen LogP) is 3.97. The molecule has 4 heteroatoms. The summed E-state index contributed by atoms with van der Waals surface area (Å²) in [5.74, 6) is -0.335. The maximum absolute atomic E-state index is 11.7. The second kappa shape index (κ2) is 4.77. The zero-order chi connectivity index (χ0) is 14.4. The number of primary amides is 1. The number of nitrogens with two attached hydrogens (primary N) is 1. The van der Waals surface area contributed by atoms with Crippen molar-refractivity contribution in [2.24, 2.45) is 5.73 Å². The van der Waals surface area contributed by atoms with Gasteiger partial charge < -0.3 is 10.3 Å². The van der Waals surface area contributed by atoms with Gasteiger partial charge in [0.05, 0.1) is 11.3 Å². The first-order valence-corrected chi connectivity index (χ1v) is 7.57. The second-order valence-corrected chi connectivity index (χ2v) is 6.32. The van der Waals surface area contributed by atoms with Crippen molar-refractivity contribution in [3.05, 3.63) is 45.6 Å². The number of halogens is 1. The SMILES string of the molecule is Cc1c(C(N)=O)c(C)n(C2CC2)c1-c1ccc(Br)cc1. The maximum atomic E-state index is 11.7. The number of hydrogen-bond donors (Lipinski definition) is 1. The smallest absolute Gasteiger partial charge is 0.250 e. The van der Waals surface area contributed by atoms with Gasteiger partial charge in [0, 0.05) is 16.2 Å². The van der Waals surface area contributed by atoms with Crippen molar-refractivity contribution in [2.45, 2.75) is 32.7 Å². The summed E-state index contributed by atoms with van der Waals surface area (Å²) in [6.45, 7) is 3.98. The number of carbonyl (C=O) groups is 1. The van der Waals surface area contributed by atoms with Crippen LogP contribution in [-0.2, 0) is 0 Å². The van der Waals surface area contributed by atoms with Crippen molar-refractivity contribution in [1.82, 2.24) is 4.57 Å².